The van der Waals surface area contributed by atoms with Crippen molar-refractivity contribution in [2.75, 3.05) is 38.2 Å². The summed E-state index contributed by atoms with van der Waals surface area (Å²) in [5.74, 6) is -0.239. The molecule has 0 saturated heterocycles. The Morgan fingerprint density at radius 2 is 1.62 bits per heavy atom. The van der Waals surface area contributed by atoms with Gasteiger partial charge in [-0.15, -0.1) is 0 Å². The maximum Gasteiger partial charge on any atom is 0.264 e. The van der Waals surface area contributed by atoms with Gasteiger partial charge in [-0.3, -0.25) is 13.9 Å². The number of hydrogen-bond acceptors (Lipinski definition) is 6. The highest BCUT2D eigenvalue weighted by Gasteiger charge is 2.32. The summed E-state index contributed by atoms with van der Waals surface area (Å²) in [5.41, 5.74) is 1.23. The van der Waals surface area contributed by atoms with Crippen LogP contribution in [0.2, 0.25) is 5.02 Å². The maximum absolute atomic E-state index is 14.0. The third-order valence-corrected chi connectivity index (χ3v) is 8.84. The van der Waals surface area contributed by atoms with Crippen LogP contribution < -0.4 is 19.1 Å². The monoisotopic (exact) mass is 615 g/mol. The zero-order valence-corrected chi connectivity index (χ0v) is 26.0. The summed E-state index contributed by atoms with van der Waals surface area (Å²) >= 11 is 6.09. The Bertz CT molecular complexity index is 1430. The highest BCUT2D eigenvalue weighted by atomic mass is 35.5. The number of ether oxygens (including phenoxy) is 2. The average Bonchev–Trinajstić information content (AvgIpc) is 3.00. The Kier molecular flexibility index (Phi) is 12.1. The van der Waals surface area contributed by atoms with E-state index in [0.29, 0.717) is 23.7 Å². The van der Waals surface area contributed by atoms with Crippen LogP contribution >= 0.6 is 11.6 Å². The first-order chi connectivity index (χ1) is 20.1. The van der Waals surface area contributed by atoms with Crippen LogP contribution in [0.5, 0.6) is 11.5 Å². The van der Waals surface area contributed by atoms with Crippen LogP contribution in [0.15, 0.2) is 77.7 Å². The Morgan fingerprint density at radius 1 is 0.952 bits per heavy atom. The zero-order valence-electron chi connectivity index (χ0n) is 24.4. The number of carbonyl (C=O) groups is 2. The molecule has 42 heavy (non-hydrogen) atoms. The van der Waals surface area contributed by atoms with E-state index < -0.39 is 28.5 Å². The van der Waals surface area contributed by atoms with Crippen molar-refractivity contribution in [3.05, 3.63) is 83.4 Å². The molecule has 3 rings (SSSR count). The summed E-state index contributed by atoms with van der Waals surface area (Å²) in [6, 6.07) is 19.2. The van der Waals surface area contributed by atoms with E-state index in [2.05, 4.69) is 5.32 Å². The van der Waals surface area contributed by atoms with Crippen LogP contribution in [-0.4, -0.2) is 65.0 Å². The standard InChI is InChI=1S/C31H38ClN3O6S/c1-5-6-19-33-31(37)23(2)34(20-18-24-10-8-7-9-11-24)30(36)22-35(26-14-12-25(32)13-15-26)42(38,39)27-16-17-28(40-3)29(21-27)41-4/h7-17,21,23H,5-6,18-20,22H2,1-4H3,(H,33,37)/t23-/m0/s1. The summed E-state index contributed by atoms with van der Waals surface area (Å²) < 4.78 is 39.7. The number of hydrogen-bond donors (Lipinski definition) is 1. The van der Waals surface area contributed by atoms with Crippen molar-refractivity contribution in [2.24, 2.45) is 0 Å². The molecule has 2 amide bonds. The van der Waals surface area contributed by atoms with Crippen molar-refractivity contribution in [3.8, 4) is 11.5 Å². The summed E-state index contributed by atoms with van der Waals surface area (Å²) in [5, 5.41) is 3.29. The third-order valence-electron chi connectivity index (χ3n) is 6.82. The molecular formula is C31H38ClN3O6S. The molecule has 0 unspecified atom stereocenters. The number of halogens is 1. The van der Waals surface area contributed by atoms with Crippen LogP contribution in [0.4, 0.5) is 5.69 Å². The van der Waals surface area contributed by atoms with Gasteiger partial charge >= 0.3 is 0 Å². The van der Waals surface area contributed by atoms with Crippen molar-refractivity contribution in [1.29, 1.82) is 0 Å². The van der Waals surface area contributed by atoms with Gasteiger partial charge in [-0.05, 0) is 61.7 Å². The molecule has 226 valence electrons. The number of carbonyl (C=O) groups excluding carboxylic acids is 2. The molecule has 0 aliphatic carbocycles. The number of methoxy groups -OCH3 is 2. The molecule has 11 heteroatoms. The quantitative estimate of drug-likeness (QED) is 0.243. The molecule has 0 aliphatic rings. The Labute approximate surface area is 253 Å². The molecule has 3 aromatic rings. The predicted octanol–water partition coefficient (Wildman–Crippen LogP) is 4.93. The lowest BCUT2D eigenvalue weighted by Gasteiger charge is -2.32. The van der Waals surface area contributed by atoms with E-state index in [4.69, 9.17) is 21.1 Å². The highest BCUT2D eigenvalue weighted by molar-refractivity contribution is 7.92. The Morgan fingerprint density at radius 3 is 2.24 bits per heavy atom. The summed E-state index contributed by atoms with van der Waals surface area (Å²) in [6.45, 7) is 3.84. The van der Waals surface area contributed by atoms with Crippen LogP contribution in [0.3, 0.4) is 0 Å². The van der Waals surface area contributed by atoms with Gasteiger partial charge in [0.2, 0.25) is 11.8 Å². The lowest BCUT2D eigenvalue weighted by molar-refractivity contribution is -0.138. The number of amides is 2. The molecule has 0 fully saturated rings. The summed E-state index contributed by atoms with van der Waals surface area (Å²) in [4.78, 5) is 28.3. The fraction of sp³-hybridized carbons (Fsp3) is 0.355. The van der Waals surface area contributed by atoms with E-state index in [-0.39, 0.29) is 28.8 Å². The molecule has 0 radical (unpaired) electrons. The number of sulfonamides is 1. The van der Waals surface area contributed by atoms with Crippen LogP contribution in [0.1, 0.15) is 32.3 Å². The van der Waals surface area contributed by atoms with Gasteiger partial charge in [-0.1, -0.05) is 55.3 Å². The molecule has 0 aromatic heterocycles. The lowest BCUT2D eigenvalue weighted by Crippen LogP contribution is -2.52. The summed E-state index contributed by atoms with van der Waals surface area (Å²) in [7, 11) is -1.42. The average molecular weight is 616 g/mol. The number of nitrogens with one attached hydrogen (secondary N) is 1. The number of benzene rings is 3. The fourth-order valence-electron chi connectivity index (χ4n) is 4.35. The van der Waals surface area contributed by atoms with Gasteiger partial charge in [0.1, 0.15) is 12.6 Å². The van der Waals surface area contributed by atoms with Gasteiger partial charge in [-0.25, -0.2) is 8.42 Å². The van der Waals surface area contributed by atoms with Crippen molar-refractivity contribution >= 4 is 39.1 Å². The van der Waals surface area contributed by atoms with Crippen molar-refractivity contribution in [2.45, 2.75) is 44.0 Å². The molecule has 0 heterocycles. The fourth-order valence-corrected chi connectivity index (χ4v) is 5.90. The second-order valence-corrected chi connectivity index (χ2v) is 11.9. The molecule has 3 aromatic carbocycles. The third kappa shape index (κ3) is 8.39. The van der Waals surface area contributed by atoms with Crippen LogP contribution in [0.25, 0.3) is 0 Å². The minimum absolute atomic E-state index is 0.0934. The van der Waals surface area contributed by atoms with E-state index in [1.54, 1.807) is 19.1 Å². The lowest BCUT2D eigenvalue weighted by atomic mass is 10.1. The molecule has 1 atom stereocenters. The van der Waals surface area contributed by atoms with Gasteiger partial charge in [0.15, 0.2) is 11.5 Å². The number of nitrogens with zero attached hydrogens (tertiary/aromatic N) is 2. The van der Waals surface area contributed by atoms with E-state index in [1.807, 2.05) is 37.3 Å². The molecule has 1 N–H and O–H groups in total. The highest BCUT2D eigenvalue weighted by Crippen LogP contribution is 2.32. The number of rotatable bonds is 15. The van der Waals surface area contributed by atoms with Gasteiger partial charge in [0.25, 0.3) is 10.0 Å². The molecular weight excluding hydrogens is 578 g/mol. The molecule has 0 bridgehead atoms. The van der Waals surface area contributed by atoms with E-state index in [9.17, 15) is 18.0 Å². The normalized spacial score (nSPS) is 11.8. The number of unbranched alkanes of at least 4 members (excludes halogenated alkanes) is 1. The first kappa shape index (κ1) is 32.8. The maximum atomic E-state index is 14.0. The second kappa shape index (κ2) is 15.5. The zero-order chi connectivity index (χ0) is 30.7. The molecule has 0 spiro atoms. The largest absolute Gasteiger partial charge is 0.493 e. The van der Waals surface area contributed by atoms with Crippen LogP contribution in [-0.2, 0) is 26.0 Å². The van der Waals surface area contributed by atoms with E-state index in [0.717, 1.165) is 22.7 Å². The van der Waals surface area contributed by atoms with E-state index in [1.165, 1.54) is 49.5 Å². The van der Waals surface area contributed by atoms with Gasteiger partial charge < -0.3 is 19.7 Å². The topological polar surface area (TPSA) is 105 Å². The minimum atomic E-state index is -4.28. The molecule has 0 saturated carbocycles. The van der Waals surface area contributed by atoms with Crippen molar-refractivity contribution in [1.82, 2.24) is 10.2 Å². The molecule has 0 aliphatic heterocycles. The smallest absolute Gasteiger partial charge is 0.264 e. The SMILES string of the molecule is CCCCNC(=O)[C@H](C)N(CCc1ccccc1)C(=O)CN(c1ccc(Cl)cc1)S(=O)(=O)c1ccc(OC)c(OC)c1. The first-order valence-corrected chi connectivity index (χ1v) is 15.6. The number of anilines is 1. The predicted molar refractivity (Wildman–Crippen MR) is 165 cm³/mol. The van der Waals surface area contributed by atoms with Gasteiger partial charge in [0, 0.05) is 24.2 Å². The Balaban J connectivity index is 1.99. The van der Waals surface area contributed by atoms with Gasteiger partial charge in [0.05, 0.1) is 24.8 Å². The van der Waals surface area contributed by atoms with E-state index >= 15 is 0 Å². The van der Waals surface area contributed by atoms with Crippen molar-refractivity contribution < 1.29 is 27.5 Å². The summed E-state index contributed by atoms with van der Waals surface area (Å²) in [6.07, 6.45) is 2.21. The second-order valence-electron chi connectivity index (χ2n) is 9.65. The molecule has 9 nitrogen and oxygen atoms in total. The van der Waals surface area contributed by atoms with Crippen molar-refractivity contribution in [3.63, 3.8) is 0 Å². The minimum Gasteiger partial charge on any atom is -0.493 e. The van der Waals surface area contributed by atoms with Gasteiger partial charge in [-0.2, -0.15) is 0 Å². The Hall–Kier alpha value is -3.76. The first-order valence-electron chi connectivity index (χ1n) is 13.7. The van der Waals surface area contributed by atoms with Crippen LogP contribution in [0, 0.1) is 0 Å².